The maximum absolute atomic E-state index is 12.7. The Morgan fingerprint density at radius 3 is 2.56 bits per heavy atom. The van der Waals surface area contributed by atoms with Crippen molar-refractivity contribution in [2.24, 2.45) is 0 Å². The summed E-state index contributed by atoms with van der Waals surface area (Å²) in [5.41, 5.74) is 0.910. The van der Waals surface area contributed by atoms with Gasteiger partial charge in [0.2, 0.25) is 0 Å². The zero-order valence-electron chi connectivity index (χ0n) is 17.1. The molecule has 1 unspecified atom stereocenters. The van der Waals surface area contributed by atoms with E-state index in [0.717, 1.165) is 5.56 Å². The summed E-state index contributed by atoms with van der Waals surface area (Å²) in [4.78, 5) is 23.9. The molecule has 1 amide bonds. The number of carbonyl (C=O) groups excluding carboxylic acids is 1. The van der Waals surface area contributed by atoms with E-state index in [0.29, 0.717) is 18.1 Å². The van der Waals surface area contributed by atoms with Crippen LogP contribution in [0.1, 0.15) is 37.6 Å². The normalized spacial score (nSPS) is 11.6. The molecule has 0 radical (unpaired) electrons. The van der Waals surface area contributed by atoms with E-state index >= 15 is 0 Å². The van der Waals surface area contributed by atoms with E-state index in [4.69, 9.17) is 9.63 Å². The lowest BCUT2D eigenvalue weighted by molar-refractivity contribution is 0.0693. The van der Waals surface area contributed by atoms with Crippen molar-refractivity contribution >= 4 is 24.8 Å². The second-order valence-electron chi connectivity index (χ2n) is 7.19. The minimum atomic E-state index is -1.94. The molecular formula is C21H22BN3O7. The molecule has 3 rings (SSSR count). The highest BCUT2D eigenvalue weighted by Crippen LogP contribution is 2.24. The van der Waals surface area contributed by atoms with E-state index in [9.17, 15) is 24.7 Å². The largest absolute Gasteiger partial charge is 0.507 e. The van der Waals surface area contributed by atoms with Crippen LogP contribution in [0, 0.1) is 6.92 Å². The van der Waals surface area contributed by atoms with Crippen molar-refractivity contribution in [1.29, 1.82) is 0 Å². The van der Waals surface area contributed by atoms with Gasteiger partial charge in [0, 0.05) is 18.2 Å². The Morgan fingerprint density at radius 2 is 1.91 bits per heavy atom. The Balaban J connectivity index is 1.70. The lowest BCUT2D eigenvalue weighted by Gasteiger charge is -2.19. The van der Waals surface area contributed by atoms with Crippen molar-refractivity contribution in [2.75, 3.05) is 5.32 Å². The molecular weight excluding hydrogens is 417 g/mol. The third-order valence-electron chi connectivity index (χ3n) is 4.76. The monoisotopic (exact) mass is 439 g/mol. The molecule has 0 aliphatic carbocycles. The number of nitrogens with zero attached hydrogens (tertiary/aromatic N) is 1. The van der Waals surface area contributed by atoms with Crippen LogP contribution in [0.2, 0.25) is 0 Å². The number of rotatable bonds is 9. The summed E-state index contributed by atoms with van der Waals surface area (Å²) in [6.07, 6.45) is -0.191. The van der Waals surface area contributed by atoms with Crippen molar-refractivity contribution < 1.29 is 34.4 Å². The number of benzene rings is 2. The number of amides is 1. The number of nitrogens with one attached hydrogen (secondary N) is 2. The van der Waals surface area contributed by atoms with Crippen LogP contribution in [0.4, 0.5) is 5.82 Å². The second kappa shape index (κ2) is 9.99. The van der Waals surface area contributed by atoms with Crippen LogP contribution in [0.15, 0.2) is 53.1 Å². The van der Waals surface area contributed by atoms with Crippen molar-refractivity contribution in [3.63, 3.8) is 0 Å². The van der Waals surface area contributed by atoms with E-state index in [1.54, 1.807) is 31.2 Å². The molecule has 1 aromatic heterocycles. The van der Waals surface area contributed by atoms with Gasteiger partial charge in [0.05, 0.1) is 5.94 Å². The minimum absolute atomic E-state index is 0.157. The molecule has 3 aromatic rings. The molecule has 1 atom stereocenters. The summed E-state index contributed by atoms with van der Waals surface area (Å²) in [6.45, 7) is 2.15. The van der Waals surface area contributed by atoms with E-state index < -0.39 is 30.7 Å². The number of aromatic nitrogens is 1. The maximum Gasteiger partial charge on any atom is 0.475 e. The van der Waals surface area contributed by atoms with Gasteiger partial charge in [0.25, 0.3) is 5.91 Å². The number of aromatic hydroxyl groups is 1. The molecule has 0 bridgehead atoms. The molecule has 0 spiro atoms. The number of aromatic carboxylic acids is 1. The Kier molecular flexibility index (Phi) is 7.13. The molecule has 0 fully saturated rings. The topological polar surface area (TPSA) is 165 Å². The average Bonchev–Trinajstić information content (AvgIpc) is 3.18. The van der Waals surface area contributed by atoms with Gasteiger partial charge in [-0.3, -0.25) is 4.79 Å². The van der Waals surface area contributed by atoms with E-state index in [2.05, 4.69) is 15.8 Å². The summed E-state index contributed by atoms with van der Waals surface area (Å²) >= 11 is 0. The Hall–Kier alpha value is -3.83. The molecule has 10 nitrogen and oxygen atoms in total. The van der Waals surface area contributed by atoms with Crippen LogP contribution in [0.25, 0.3) is 0 Å². The average molecular weight is 439 g/mol. The molecule has 1 heterocycles. The lowest BCUT2D eigenvalue weighted by atomic mass is 9.75. The summed E-state index contributed by atoms with van der Waals surface area (Å²) in [6, 6.07) is 12.5. The quantitative estimate of drug-likeness (QED) is 0.270. The van der Waals surface area contributed by atoms with Gasteiger partial charge in [-0.25, -0.2) is 4.79 Å². The smallest absolute Gasteiger partial charge is 0.475 e. The Morgan fingerprint density at radius 1 is 1.16 bits per heavy atom. The molecule has 166 valence electrons. The number of phenols is 1. The first-order chi connectivity index (χ1) is 15.2. The first-order valence-corrected chi connectivity index (χ1v) is 9.72. The predicted molar refractivity (Wildman–Crippen MR) is 115 cm³/mol. The lowest BCUT2D eigenvalue weighted by Crippen LogP contribution is -2.48. The van der Waals surface area contributed by atoms with Gasteiger partial charge in [0.15, 0.2) is 5.82 Å². The highest BCUT2D eigenvalue weighted by Gasteiger charge is 2.28. The molecule has 0 aliphatic rings. The van der Waals surface area contributed by atoms with Crippen LogP contribution in [0.5, 0.6) is 5.75 Å². The zero-order chi connectivity index (χ0) is 23.3. The van der Waals surface area contributed by atoms with Crippen molar-refractivity contribution in [3.05, 3.63) is 76.5 Å². The molecule has 6 N–H and O–H groups in total. The van der Waals surface area contributed by atoms with Gasteiger partial charge in [0.1, 0.15) is 17.1 Å². The highest BCUT2D eigenvalue weighted by molar-refractivity contribution is 6.43. The van der Waals surface area contributed by atoms with Crippen molar-refractivity contribution in [2.45, 2.75) is 25.8 Å². The predicted octanol–water partition coefficient (Wildman–Crippen LogP) is 1.35. The fourth-order valence-electron chi connectivity index (χ4n) is 3.11. The van der Waals surface area contributed by atoms with Gasteiger partial charge >= 0.3 is 13.1 Å². The van der Waals surface area contributed by atoms with Gasteiger partial charge < -0.3 is 35.4 Å². The summed E-state index contributed by atoms with van der Waals surface area (Å²) in [5, 5.41) is 48.1. The van der Waals surface area contributed by atoms with Crippen molar-refractivity contribution in [3.8, 4) is 5.75 Å². The number of para-hydroxylation sites is 1. The standard InChI is InChI=1S/C21H22BN3O7/c1-12-8-18(25-32-12)23-11-13-4-2-6-15(9-13)20(27)24-17(22(30)31)10-14-5-3-7-16(19(14)26)21(28)29/h2-9,17,26,30-31H,10-11H2,1H3,(H,23,25)(H,24,27)(H,28,29). The van der Waals surface area contributed by atoms with E-state index in [1.807, 2.05) is 6.07 Å². The van der Waals surface area contributed by atoms with E-state index in [-0.39, 0.29) is 23.1 Å². The molecule has 32 heavy (non-hydrogen) atoms. The van der Waals surface area contributed by atoms with Crippen LogP contribution in [-0.4, -0.2) is 50.4 Å². The number of carbonyl (C=O) groups is 2. The third-order valence-corrected chi connectivity index (χ3v) is 4.76. The number of anilines is 1. The molecule has 0 saturated heterocycles. The highest BCUT2D eigenvalue weighted by atomic mass is 16.5. The summed E-state index contributed by atoms with van der Waals surface area (Å²) in [5.74, 6) is -2.33. The fourth-order valence-corrected chi connectivity index (χ4v) is 3.11. The number of carboxylic acids is 1. The van der Waals surface area contributed by atoms with Gasteiger partial charge in [-0.2, -0.15) is 0 Å². The zero-order valence-corrected chi connectivity index (χ0v) is 17.1. The molecule has 0 aliphatic heterocycles. The molecule has 0 saturated carbocycles. The number of carboxylic acid groups (broad SMARTS) is 1. The minimum Gasteiger partial charge on any atom is -0.507 e. The van der Waals surface area contributed by atoms with Crippen LogP contribution < -0.4 is 10.6 Å². The number of hydrogen-bond donors (Lipinski definition) is 6. The first-order valence-electron chi connectivity index (χ1n) is 9.72. The third kappa shape index (κ3) is 5.65. The molecule has 2 aromatic carbocycles. The van der Waals surface area contributed by atoms with Crippen LogP contribution in [0.3, 0.4) is 0 Å². The maximum atomic E-state index is 12.7. The Labute approximate surface area is 183 Å². The molecule has 11 heteroatoms. The first kappa shape index (κ1) is 22.9. The van der Waals surface area contributed by atoms with Crippen LogP contribution in [-0.2, 0) is 13.0 Å². The summed E-state index contributed by atoms with van der Waals surface area (Å²) < 4.78 is 4.98. The van der Waals surface area contributed by atoms with Gasteiger partial charge in [-0.15, -0.1) is 0 Å². The van der Waals surface area contributed by atoms with E-state index in [1.165, 1.54) is 18.2 Å². The summed E-state index contributed by atoms with van der Waals surface area (Å²) in [7, 11) is -1.94. The van der Waals surface area contributed by atoms with Gasteiger partial charge in [-0.05, 0) is 42.7 Å². The van der Waals surface area contributed by atoms with Crippen LogP contribution >= 0.6 is 0 Å². The van der Waals surface area contributed by atoms with Crippen molar-refractivity contribution in [1.82, 2.24) is 10.5 Å². The number of hydrogen-bond acceptors (Lipinski definition) is 8. The second-order valence-corrected chi connectivity index (χ2v) is 7.19. The SMILES string of the molecule is Cc1cc(NCc2cccc(C(=O)NC(Cc3cccc(C(=O)O)c3O)B(O)O)c2)no1. The number of aryl methyl sites for hydroxylation is 1. The fraction of sp³-hybridized carbons (Fsp3) is 0.190. The Bertz CT molecular complexity index is 1120. The van der Waals surface area contributed by atoms with Gasteiger partial charge in [-0.1, -0.05) is 29.4 Å².